The molecule has 0 aliphatic heterocycles. The molecule has 2 rings (SSSR count). The molecule has 0 aliphatic carbocycles. The van der Waals surface area contributed by atoms with Crippen molar-refractivity contribution in [1.29, 1.82) is 0 Å². The van der Waals surface area contributed by atoms with Gasteiger partial charge in [0.25, 0.3) is 0 Å². The van der Waals surface area contributed by atoms with Gasteiger partial charge < -0.3 is 4.74 Å². The minimum atomic E-state index is 0.0460. The van der Waals surface area contributed by atoms with Crippen molar-refractivity contribution < 1.29 is 4.74 Å². The molecule has 110 valence electrons. The Morgan fingerprint density at radius 2 is 1.55 bits per heavy atom. The van der Waals surface area contributed by atoms with Crippen molar-refractivity contribution >= 4 is 42.6 Å². The summed E-state index contributed by atoms with van der Waals surface area (Å²) in [6, 6.07) is 8.41. The van der Waals surface area contributed by atoms with Crippen LogP contribution in [0.15, 0.2) is 33.2 Å². The largest absolute Gasteiger partial charge is 0.496 e. The van der Waals surface area contributed by atoms with E-state index in [9.17, 15) is 0 Å². The molecule has 20 heavy (non-hydrogen) atoms. The van der Waals surface area contributed by atoms with Crippen LogP contribution < -0.4 is 4.74 Å². The van der Waals surface area contributed by atoms with Gasteiger partial charge in [-0.2, -0.15) is 0 Å². The molecule has 0 amide bonds. The van der Waals surface area contributed by atoms with Crippen molar-refractivity contribution in [3.05, 3.63) is 38.8 Å². The standard InChI is InChI=1S/C15H16Br2O.C2H6/c1-15(2,3)12-8-13(17)10-6-5-9(16)7-11(10)14(12)18-4;1-2/h5-8H,1-4H3;1-2H3. The minimum Gasteiger partial charge on any atom is -0.496 e. The van der Waals surface area contributed by atoms with Crippen LogP contribution in [-0.2, 0) is 5.41 Å². The van der Waals surface area contributed by atoms with Crippen LogP contribution in [0.2, 0.25) is 0 Å². The normalized spacial score (nSPS) is 11.0. The van der Waals surface area contributed by atoms with Gasteiger partial charge in [-0.05, 0) is 29.0 Å². The monoisotopic (exact) mass is 400 g/mol. The lowest BCUT2D eigenvalue weighted by molar-refractivity contribution is 0.402. The van der Waals surface area contributed by atoms with Gasteiger partial charge in [0.05, 0.1) is 7.11 Å². The highest BCUT2D eigenvalue weighted by molar-refractivity contribution is 9.11. The van der Waals surface area contributed by atoms with Gasteiger partial charge in [0.2, 0.25) is 0 Å². The predicted molar refractivity (Wildman–Crippen MR) is 95.9 cm³/mol. The van der Waals surface area contributed by atoms with Crippen molar-refractivity contribution in [2.45, 2.75) is 40.0 Å². The van der Waals surface area contributed by atoms with Gasteiger partial charge in [-0.15, -0.1) is 0 Å². The summed E-state index contributed by atoms with van der Waals surface area (Å²) in [6.07, 6.45) is 0. The summed E-state index contributed by atoms with van der Waals surface area (Å²) in [4.78, 5) is 0. The molecule has 0 aromatic heterocycles. The van der Waals surface area contributed by atoms with Gasteiger partial charge in [-0.25, -0.2) is 0 Å². The number of ether oxygens (including phenoxy) is 1. The zero-order valence-electron chi connectivity index (χ0n) is 13.0. The highest BCUT2D eigenvalue weighted by Gasteiger charge is 2.22. The molecular weight excluding hydrogens is 380 g/mol. The summed E-state index contributed by atoms with van der Waals surface area (Å²) in [7, 11) is 1.73. The zero-order chi connectivity index (χ0) is 15.5. The molecular formula is C17H22Br2O. The molecule has 0 aliphatic rings. The molecule has 0 radical (unpaired) electrons. The lowest BCUT2D eigenvalue weighted by atomic mass is 9.85. The van der Waals surface area contributed by atoms with E-state index in [4.69, 9.17) is 4.74 Å². The Labute approximate surface area is 139 Å². The van der Waals surface area contributed by atoms with Crippen LogP contribution in [-0.4, -0.2) is 7.11 Å². The molecule has 0 fully saturated rings. The second-order valence-corrected chi connectivity index (χ2v) is 7.15. The quantitative estimate of drug-likeness (QED) is 0.516. The molecule has 0 unspecified atom stereocenters. The molecule has 0 bridgehead atoms. The maximum atomic E-state index is 5.65. The van der Waals surface area contributed by atoms with Crippen LogP contribution in [0.1, 0.15) is 40.2 Å². The first-order valence-electron chi connectivity index (χ1n) is 6.81. The van der Waals surface area contributed by atoms with E-state index in [1.807, 2.05) is 19.9 Å². The molecule has 2 aromatic carbocycles. The van der Waals surface area contributed by atoms with Crippen molar-refractivity contribution in [3.63, 3.8) is 0 Å². The van der Waals surface area contributed by atoms with Gasteiger partial charge >= 0.3 is 0 Å². The lowest BCUT2D eigenvalue weighted by Crippen LogP contribution is -2.13. The third kappa shape index (κ3) is 3.56. The predicted octanol–water partition coefficient (Wildman–Crippen LogP) is 6.70. The smallest absolute Gasteiger partial charge is 0.130 e. The summed E-state index contributed by atoms with van der Waals surface area (Å²) in [5, 5.41) is 2.30. The average Bonchev–Trinajstić information content (AvgIpc) is 2.39. The van der Waals surface area contributed by atoms with E-state index in [0.717, 1.165) is 20.1 Å². The zero-order valence-corrected chi connectivity index (χ0v) is 16.1. The Morgan fingerprint density at radius 1 is 0.950 bits per heavy atom. The molecule has 3 heteroatoms. The summed E-state index contributed by atoms with van der Waals surface area (Å²) < 4.78 is 7.82. The van der Waals surface area contributed by atoms with E-state index < -0.39 is 0 Å². The minimum absolute atomic E-state index is 0.0460. The Hall–Kier alpha value is -0.540. The SMILES string of the molecule is CC.COc1c(C(C)(C)C)cc(Br)c2ccc(Br)cc12. The number of halogens is 2. The van der Waals surface area contributed by atoms with Crippen LogP contribution in [0.4, 0.5) is 0 Å². The molecule has 0 spiro atoms. The van der Waals surface area contributed by atoms with Crippen LogP contribution in [0.25, 0.3) is 10.8 Å². The second-order valence-electron chi connectivity index (χ2n) is 5.38. The van der Waals surface area contributed by atoms with Crippen molar-refractivity contribution in [2.24, 2.45) is 0 Å². The van der Waals surface area contributed by atoms with Crippen LogP contribution in [0, 0.1) is 0 Å². The number of hydrogen-bond donors (Lipinski definition) is 0. The number of rotatable bonds is 1. The Kier molecular flexibility index (Phi) is 6.08. The van der Waals surface area contributed by atoms with Crippen molar-refractivity contribution in [2.75, 3.05) is 7.11 Å². The van der Waals surface area contributed by atoms with E-state index in [1.54, 1.807) is 7.11 Å². The maximum absolute atomic E-state index is 5.65. The molecule has 1 nitrogen and oxygen atoms in total. The Bertz CT molecular complexity index is 598. The number of hydrogen-bond acceptors (Lipinski definition) is 1. The van der Waals surface area contributed by atoms with Crippen molar-refractivity contribution in [1.82, 2.24) is 0 Å². The van der Waals surface area contributed by atoms with E-state index in [0.29, 0.717) is 0 Å². The van der Waals surface area contributed by atoms with E-state index in [2.05, 4.69) is 70.8 Å². The fourth-order valence-electron chi connectivity index (χ4n) is 2.10. The van der Waals surface area contributed by atoms with Gasteiger partial charge in [0.15, 0.2) is 0 Å². The van der Waals surface area contributed by atoms with Crippen molar-refractivity contribution in [3.8, 4) is 5.75 Å². The first-order valence-corrected chi connectivity index (χ1v) is 8.39. The third-order valence-corrected chi connectivity index (χ3v) is 4.16. The molecule has 0 heterocycles. The highest BCUT2D eigenvalue weighted by atomic mass is 79.9. The summed E-state index contributed by atoms with van der Waals surface area (Å²) in [5.41, 5.74) is 1.26. The fraction of sp³-hybridized carbons (Fsp3) is 0.412. The number of benzene rings is 2. The number of methoxy groups -OCH3 is 1. The van der Waals surface area contributed by atoms with Gasteiger partial charge in [0, 0.05) is 19.9 Å². The molecule has 0 saturated carbocycles. The lowest BCUT2D eigenvalue weighted by Gasteiger charge is -2.24. The highest BCUT2D eigenvalue weighted by Crippen LogP contribution is 2.41. The molecule has 0 atom stereocenters. The first-order chi connectivity index (χ1) is 9.34. The van der Waals surface area contributed by atoms with E-state index >= 15 is 0 Å². The fourth-order valence-corrected chi connectivity index (χ4v) is 3.04. The van der Waals surface area contributed by atoms with Crippen LogP contribution in [0.5, 0.6) is 5.75 Å². The van der Waals surface area contributed by atoms with E-state index in [1.165, 1.54) is 10.9 Å². The second kappa shape index (κ2) is 6.95. The average molecular weight is 402 g/mol. The molecule has 0 N–H and O–H groups in total. The van der Waals surface area contributed by atoms with Gasteiger partial charge in [-0.3, -0.25) is 0 Å². The van der Waals surface area contributed by atoms with E-state index in [-0.39, 0.29) is 5.41 Å². The van der Waals surface area contributed by atoms with Crippen LogP contribution >= 0.6 is 31.9 Å². The maximum Gasteiger partial charge on any atom is 0.130 e. The summed E-state index contributed by atoms with van der Waals surface area (Å²) >= 11 is 7.18. The first kappa shape index (κ1) is 17.5. The van der Waals surface area contributed by atoms with Crippen LogP contribution in [0.3, 0.4) is 0 Å². The molecule has 2 aromatic rings. The topological polar surface area (TPSA) is 9.23 Å². The van der Waals surface area contributed by atoms with Gasteiger partial charge in [-0.1, -0.05) is 72.5 Å². The molecule has 0 saturated heterocycles. The Balaban J connectivity index is 0.000000956. The Morgan fingerprint density at radius 3 is 2.05 bits per heavy atom. The van der Waals surface area contributed by atoms with Gasteiger partial charge in [0.1, 0.15) is 5.75 Å². The number of fused-ring (bicyclic) bond motifs is 1. The summed E-state index contributed by atoms with van der Waals surface area (Å²) in [6.45, 7) is 10.6. The summed E-state index contributed by atoms with van der Waals surface area (Å²) in [5.74, 6) is 0.960. The third-order valence-electron chi connectivity index (χ3n) is 3.01.